The highest BCUT2D eigenvalue weighted by Gasteiger charge is 2.12. The van der Waals surface area contributed by atoms with Gasteiger partial charge in [0, 0.05) is 5.33 Å². The van der Waals surface area contributed by atoms with Crippen molar-refractivity contribution in [3.05, 3.63) is 29.3 Å². The third kappa shape index (κ3) is 4.30. The molecule has 1 aromatic rings. The van der Waals surface area contributed by atoms with Gasteiger partial charge in [0.15, 0.2) is 0 Å². The molecule has 1 rings (SSSR count). The molecular weight excluding hydrogens is 298 g/mol. The fourth-order valence-electron chi connectivity index (χ4n) is 1.42. The van der Waals surface area contributed by atoms with Crippen LogP contribution >= 0.6 is 15.9 Å². The van der Waals surface area contributed by atoms with Crippen molar-refractivity contribution in [2.24, 2.45) is 0 Å². The van der Waals surface area contributed by atoms with E-state index in [0.717, 1.165) is 6.42 Å². The van der Waals surface area contributed by atoms with Crippen LogP contribution in [0.1, 0.15) is 22.3 Å². The van der Waals surface area contributed by atoms with Crippen LogP contribution in [0.25, 0.3) is 0 Å². The maximum Gasteiger partial charge on any atom is 0.387 e. The number of carboxylic acids is 1. The quantitative estimate of drug-likeness (QED) is 0.820. The van der Waals surface area contributed by atoms with E-state index in [2.05, 4.69) is 20.7 Å². The van der Waals surface area contributed by atoms with Crippen LogP contribution < -0.4 is 4.74 Å². The average molecular weight is 309 g/mol. The van der Waals surface area contributed by atoms with Crippen molar-refractivity contribution in [1.29, 1.82) is 0 Å². The van der Waals surface area contributed by atoms with Crippen LogP contribution in [0.3, 0.4) is 0 Å². The number of aromatic carboxylic acids is 1. The molecule has 1 N–H and O–H groups in total. The monoisotopic (exact) mass is 308 g/mol. The molecule has 0 unspecified atom stereocenters. The van der Waals surface area contributed by atoms with Crippen molar-refractivity contribution in [3.8, 4) is 5.75 Å². The van der Waals surface area contributed by atoms with Gasteiger partial charge in [-0.2, -0.15) is 8.78 Å². The molecule has 0 aliphatic carbocycles. The standard InChI is InChI=1S/C11H11BrF2O3/c12-5-1-2-7-6-8(17-11(13)14)3-4-9(7)10(15)16/h3-4,6,11H,1-2,5H2,(H,15,16). The number of benzene rings is 1. The van der Waals surface area contributed by atoms with Crippen LogP contribution in [-0.2, 0) is 6.42 Å². The zero-order valence-corrected chi connectivity index (χ0v) is 10.4. The van der Waals surface area contributed by atoms with Crippen molar-refractivity contribution >= 4 is 21.9 Å². The van der Waals surface area contributed by atoms with Crippen molar-refractivity contribution < 1.29 is 23.4 Å². The lowest BCUT2D eigenvalue weighted by Gasteiger charge is -2.09. The number of hydrogen-bond donors (Lipinski definition) is 1. The van der Waals surface area contributed by atoms with Gasteiger partial charge in [0.05, 0.1) is 5.56 Å². The maximum absolute atomic E-state index is 12.0. The smallest absolute Gasteiger partial charge is 0.387 e. The number of ether oxygens (including phenoxy) is 1. The summed E-state index contributed by atoms with van der Waals surface area (Å²) in [5.41, 5.74) is 0.614. The summed E-state index contributed by atoms with van der Waals surface area (Å²) >= 11 is 3.23. The van der Waals surface area contributed by atoms with Crippen LogP contribution in [0.2, 0.25) is 0 Å². The largest absolute Gasteiger partial charge is 0.478 e. The van der Waals surface area contributed by atoms with Crippen molar-refractivity contribution in [1.82, 2.24) is 0 Å². The Kier molecular flexibility index (Phi) is 5.34. The van der Waals surface area contributed by atoms with Gasteiger partial charge in [-0.3, -0.25) is 0 Å². The third-order valence-electron chi connectivity index (χ3n) is 2.11. The van der Waals surface area contributed by atoms with Crippen molar-refractivity contribution in [3.63, 3.8) is 0 Å². The summed E-state index contributed by atoms with van der Waals surface area (Å²) in [4.78, 5) is 10.9. The predicted molar refractivity (Wildman–Crippen MR) is 62.1 cm³/mol. The van der Waals surface area contributed by atoms with E-state index < -0.39 is 12.6 Å². The lowest BCUT2D eigenvalue weighted by atomic mass is 10.0. The Morgan fingerprint density at radius 1 is 1.47 bits per heavy atom. The van der Waals surface area contributed by atoms with Crippen molar-refractivity contribution in [2.75, 3.05) is 5.33 Å². The Labute approximate surface area is 106 Å². The molecule has 0 fully saturated rings. The zero-order valence-electron chi connectivity index (χ0n) is 8.83. The number of alkyl halides is 3. The molecule has 94 valence electrons. The Balaban J connectivity index is 2.96. The van der Waals surface area contributed by atoms with Gasteiger partial charge in [-0.15, -0.1) is 0 Å². The van der Waals surface area contributed by atoms with E-state index in [4.69, 9.17) is 5.11 Å². The Hall–Kier alpha value is -1.17. The summed E-state index contributed by atoms with van der Waals surface area (Å²) in [5.74, 6) is -1.09. The van der Waals surface area contributed by atoms with E-state index in [1.807, 2.05) is 0 Å². The molecule has 6 heteroatoms. The summed E-state index contributed by atoms with van der Waals surface area (Å²) in [6, 6.07) is 3.86. The van der Waals surface area contributed by atoms with E-state index in [9.17, 15) is 13.6 Å². The van der Waals surface area contributed by atoms with Crippen LogP contribution in [0.4, 0.5) is 8.78 Å². The van der Waals surface area contributed by atoms with Gasteiger partial charge in [-0.1, -0.05) is 15.9 Å². The Bertz CT molecular complexity index is 396. The molecular formula is C11H11BrF2O3. The minimum atomic E-state index is -2.91. The number of aryl methyl sites for hydroxylation is 1. The highest BCUT2D eigenvalue weighted by atomic mass is 79.9. The predicted octanol–water partition coefficient (Wildman–Crippen LogP) is 3.31. The lowest BCUT2D eigenvalue weighted by Crippen LogP contribution is -2.06. The van der Waals surface area contributed by atoms with E-state index >= 15 is 0 Å². The molecule has 0 spiro atoms. The molecule has 0 atom stereocenters. The fourth-order valence-corrected chi connectivity index (χ4v) is 1.70. The fraction of sp³-hybridized carbons (Fsp3) is 0.364. The summed E-state index contributed by atoms with van der Waals surface area (Å²) in [5, 5.41) is 9.65. The molecule has 0 heterocycles. The topological polar surface area (TPSA) is 46.5 Å². The minimum absolute atomic E-state index is 0.0189. The molecule has 1 aromatic carbocycles. The van der Waals surface area contributed by atoms with Crippen LogP contribution in [0, 0.1) is 0 Å². The summed E-state index contributed by atoms with van der Waals surface area (Å²) < 4.78 is 28.3. The summed E-state index contributed by atoms with van der Waals surface area (Å²) in [7, 11) is 0. The molecule has 0 aliphatic rings. The van der Waals surface area contributed by atoms with Gasteiger partial charge in [0.2, 0.25) is 0 Å². The second-order valence-corrected chi connectivity index (χ2v) is 4.09. The van der Waals surface area contributed by atoms with E-state index in [0.29, 0.717) is 17.3 Å². The number of rotatable bonds is 6. The minimum Gasteiger partial charge on any atom is -0.478 e. The van der Waals surface area contributed by atoms with E-state index in [1.165, 1.54) is 18.2 Å². The normalized spacial score (nSPS) is 10.6. The third-order valence-corrected chi connectivity index (χ3v) is 2.67. The molecule has 0 bridgehead atoms. The molecule has 17 heavy (non-hydrogen) atoms. The summed E-state index contributed by atoms with van der Waals surface area (Å²) in [6.07, 6.45) is 1.21. The Morgan fingerprint density at radius 3 is 2.71 bits per heavy atom. The molecule has 3 nitrogen and oxygen atoms in total. The van der Waals surface area contributed by atoms with Gasteiger partial charge in [0.1, 0.15) is 5.75 Å². The van der Waals surface area contributed by atoms with Crippen LogP contribution in [-0.4, -0.2) is 23.0 Å². The van der Waals surface area contributed by atoms with Gasteiger partial charge < -0.3 is 9.84 Å². The number of carbonyl (C=O) groups is 1. The molecule has 0 saturated carbocycles. The first-order chi connectivity index (χ1) is 8.04. The average Bonchev–Trinajstić information content (AvgIpc) is 2.25. The highest BCUT2D eigenvalue weighted by molar-refractivity contribution is 9.09. The highest BCUT2D eigenvalue weighted by Crippen LogP contribution is 2.21. The summed E-state index contributed by atoms with van der Waals surface area (Å²) in [6.45, 7) is -2.91. The van der Waals surface area contributed by atoms with E-state index in [1.54, 1.807) is 0 Å². The number of hydrogen-bond acceptors (Lipinski definition) is 2. The van der Waals surface area contributed by atoms with Crippen molar-refractivity contribution in [2.45, 2.75) is 19.5 Å². The number of halogens is 3. The maximum atomic E-state index is 12.0. The molecule has 0 aromatic heterocycles. The molecule has 0 amide bonds. The zero-order chi connectivity index (χ0) is 12.8. The second-order valence-electron chi connectivity index (χ2n) is 3.30. The SMILES string of the molecule is O=C(O)c1ccc(OC(F)F)cc1CCCBr. The van der Waals surface area contributed by atoms with Gasteiger partial charge in [0.25, 0.3) is 0 Å². The van der Waals surface area contributed by atoms with Crippen LogP contribution in [0.5, 0.6) is 5.75 Å². The molecule has 0 aliphatic heterocycles. The second kappa shape index (κ2) is 6.54. The number of carboxylic acid groups (broad SMARTS) is 1. The van der Waals surface area contributed by atoms with Gasteiger partial charge >= 0.3 is 12.6 Å². The van der Waals surface area contributed by atoms with Gasteiger partial charge in [-0.25, -0.2) is 4.79 Å². The molecule has 0 radical (unpaired) electrons. The van der Waals surface area contributed by atoms with Gasteiger partial charge in [-0.05, 0) is 36.6 Å². The Morgan fingerprint density at radius 2 is 2.18 bits per heavy atom. The van der Waals surface area contributed by atoms with Crippen LogP contribution in [0.15, 0.2) is 18.2 Å². The molecule has 0 saturated heterocycles. The first-order valence-electron chi connectivity index (χ1n) is 4.91. The lowest BCUT2D eigenvalue weighted by molar-refractivity contribution is -0.0498. The first kappa shape index (κ1) is 13.9. The van der Waals surface area contributed by atoms with E-state index in [-0.39, 0.29) is 11.3 Å². The first-order valence-corrected chi connectivity index (χ1v) is 6.03.